The first-order valence-electron chi connectivity index (χ1n) is 10.6. The van der Waals surface area contributed by atoms with Gasteiger partial charge in [0, 0.05) is 18.8 Å². The number of carbonyl (C=O) groups excluding carboxylic acids is 4. The van der Waals surface area contributed by atoms with Gasteiger partial charge in [0.1, 0.15) is 23.4 Å². The Morgan fingerprint density at radius 2 is 1.94 bits per heavy atom. The molecule has 2 amide bonds. The van der Waals surface area contributed by atoms with Crippen molar-refractivity contribution in [3.63, 3.8) is 0 Å². The molecule has 3 aliphatic heterocycles. The number of hydrogen-bond donors (Lipinski definition) is 0. The third-order valence-electron chi connectivity index (χ3n) is 5.41. The smallest absolute Gasteiger partial charge is 0.355 e. The Labute approximate surface area is 200 Å². The van der Waals surface area contributed by atoms with Gasteiger partial charge in [0.05, 0.1) is 25.0 Å². The Morgan fingerprint density at radius 3 is 2.59 bits per heavy atom. The largest absolute Gasteiger partial charge is 0.497 e. The van der Waals surface area contributed by atoms with Gasteiger partial charge in [-0.2, -0.15) is 5.10 Å². The Balaban J connectivity index is 1.39. The van der Waals surface area contributed by atoms with E-state index in [-0.39, 0.29) is 36.6 Å². The molecular weight excluding hydrogens is 462 g/mol. The van der Waals surface area contributed by atoms with Crippen LogP contribution in [0.4, 0.5) is 0 Å². The van der Waals surface area contributed by atoms with Crippen molar-refractivity contribution in [2.45, 2.75) is 38.3 Å². The van der Waals surface area contributed by atoms with Crippen molar-refractivity contribution in [3.05, 3.63) is 52.6 Å². The van der Waals surface area contributed by atoms with Crippen LogP contribution in [0.5, 0.6) is 5.75 Å². The number of hydrogen-bond acceptors (Lipinski definition) is 9. The minimum atomic E-state index is -0.853. The van der Waals surface area contributed by atoms with E-state index < -0.39 is 23.9 Å². The Morgan fingerprint density at radius 1 is 1.21 bits per heavy atom. The Hall–Kier alpha value is -3.60. The highest BCUT2D eigenvalue weighted by Gasteiger charge is 2.50. The molecule has 1 unspecified atom stereocenters. The molecule has 3 heterocycles. The number of allylic oxidation sites excluding steroid dienone is 1. The van der Waals surface area contributed by atoms with E-state index in [1.807, 2.05) is 0 Å². The molecule has 2 atom stereocenters. The highest BCUT2D eigenvalue weighted by atomic mass is 32.2. The second-order valence-corrected chi connectivity index (χ2v) is 8.57. The van der Waals surface area contributed by atoms with Crippen LogP contribution in [0.15, 0.2) is 52.1 Å². The lowest BCUT2D eigenvalue weighted by molar-refractivity contribution is -0.153. The molecule has 3 aliphatic rings. The number of methoxy groups -OCH3 is 1. The van der Waals surface area contributed by atoms with Gasteiger partial charge in [0.25, 0.3) is 5.91 Å². The number of nitrogens with zero attached hydrogens (tertiary/aromatic N) is 3. The van der Waals surface area contributed by atoms with Crippen LogP contribution in [-0.4, -0.2) is 64.5 Å². The molecule has 0 bridgehead atoms. The monoisotopic (exact) mass is 485 g/mol. The van der Waals surface area contributed by atoms with Crippen LogP contribution < -0.4 is 4.74 Å². The van der Waals surface area contributed by atoms with Crippen LogP contribution in [0.2, 0.25) is 0 Å². The zero-order valence-electron chi connectivity index (χ0n) is 18.8. The maximum atomic E-state index is 12.8. The van der Waals surface area contributed by atoms with Crippen LogP contribution in [0.3, 0.4) is 0 Å². The summed E-state index contributed by atoms with van der Waals surface area (Å²) in [6.07, 6.45) is 1.72. The van der Waals surface area contributed by atoms with Gasteiger partial charge in [-0.05, 0) is 30.7 Å². The van der Waals surface area contributed by atoms with Crippen molar-refractivity contribution in [1.82, 2.24) is 9.91 Å². The maximum absolute atomic E-state index is 12.8. The summed E-state index contributed by atoms with van der Waals surface area (Å²) in [4.78, 5) is 50.8. The van der Waals surface area contributed by atoms with Crippen molar-refractivity contribution in [1.29, 1.82) is 0 Å². The summed E-state index contributed by atoms with van der Waals surface area (Å²) in [5, 5.41) is 6.49. The van der Waals surface area contributed by atoms with Gasteiger partial charge in [0.15, 0.2) is 6.04 Å². The summed E-state index contributed by atoms with van der Waals surface area (Å²) < 4.78 is 15.5. The molecule has 4 rings (SSSR count). The minimum Gasteiger partial charge on any atom is -0.497 e. The first-order chi connectivity index (χ1) is 16.3. The molecule has 1 aromatic carbocycles. The summed E-state index contributed by atoms with van der Waals surface area (Å²) >= 11 is 1.30. The Kier molecular flexibility index (Phi) is 6.73. The standard InChI is InChI=1S/C23H23N3O7S/c1-4-32-22(29)18-10-15(24-26(18)13(2)27)9-17-20(28)25-19(12-34-21(17)25)23(30)33-11-14-5-7-16(31-3)8-6-14/h5-9,12,18,21H,4,10-11H2,1-3H3/b17-9-/t18?,21-/m1/s1. The Bertz CT molecular complexity index is 1130. The lowest BCUT2D eigenvalue weighted by atomic mass is 10.0. The molecule has 0 spiro atoms. The van der Waals surface area contributed by atoms with Crippen molar-refractivity contribution in [3.8, 4) is 5.75 Å². The lowest BCUT2D eigenvalue weighted by Gasteiger charge is -2.37. The van der Waals surface area contributed by atoms with Gasteiger partial charge >= 0.3 is 11.9 Å². The minimum absolute atomic E-state index is 0.0627. The highest BCUT2D eigenvalue weighted by molar-refractivity contribution is 8.03. The van der Waals surface area contributed by atoms with Crippen molar-refractivity contribution >= 4 is 41.2 Å². The molecule has 0 radical (unpaired) electrons. The zero-order chi connectivity index (χ0) is 24.4. The average Bonchev–Trinajstić information content (AvgIpc) is 3.44. The van der Waals surface area contributed by atoms with Crippen molar-refractivity contribution in [2.75, 3.05) is 13.7 Å². The number of thioether (sulfide) groups is 1. The number of β-lactam (4-membered cyclic amide) rings is 1. The molecule has 1 saturated heterocycles. The number of esters is 2. The number of ether oxygens (including phenoxy) is 3. The molecule has 178 valence electrons. The van der Waals surface area contributed by atoms with Gasteiger partial charge < -0.3 is 14.2 Å². The summed E-state index contributed by atoms with van der Waals surface area (Å²) in [6, 6.07) is 6.27. The molecule has 34 heavy (non-hydrogen) atoms. The third-order valence-corrected chi connectivity index (χ3v) is 6.49. The summed E-state index contributed by atoms with van der Waals surface area (Å²) in [5.41, 5.74) is 1.82. The molecule has 0 N–H and O–H groups in total. The molecule has 1 fully saturated rings. The highest BCUT2D eigenvalue weighted by Crippen LogP contribution is 2.45. The van der Waals surface area contributed by atoms with Gasteiger partial charge in [-0.1, -0.05) is 12.1 Å². The number of benzene rings is 1. The first-order valence-corrected chi connectivity index (χ1v) is 11.5. The van der Waals surface area contributed by atoms with Crippen LogP contribution in [-0.2, 0) is 35.3 Å². The normalized spacial score (nSPS) is 22.1. The number of rotatable bonds is 7. The van der Waals surface area contributed by atoms with Crippen molar-refractivity contribution in [2.24, 2.45) is 5.10 Å². The zero-order valence-corrected chi connectivity index (χ0v) is 19.7. The number of amides is 2. The third kappa shape index (κ3) is 4.43. The molecule has 1 aromatic rings. The molecule has 11 heteroatoms. The fourth-order valence-corrected chi connectivity index (χ4v) is 4.83. The lowest BCUT2D eigenvalue weighted by Crippen LogP contribution is -2.51. The van der Waals surface area contributed by atoms with E-state index in [4.69, 9.17) is 14.2 Å². The molecule has 0 aromatic heterocycles. The van der Waals surface area contributed by atoms with Crippen LogP contribution >= 0.6 is 11.8 Å². The van der Waals surface area contributed by atoms with E-state index >= 15 is 0 Å². The second-order valence-electron chi connectivity index (χ2n) is 7.62. The predicted molar refractivity (Wildman–Crippen MR) is 122 cm³/mol. The van der Waals surface area contributed by atoms with Gasteiger partial charge in [0.2, 0.25) is 5.91 Å². The van der Waals surface area contributed by atoms with Gasteiger partial charge in [-0.3, -0.25) is 14.5 Å². The fourth-order valence-electron chi connectivity index (χ4n) is 3.72. The van der Waals surface area contributed by atoms with E-state index in [2.05, 4.69) is 5.10 Å². The quantitative estimate of drug-likeness (QED) is 0.327. The number of hydrazone groups is 1. The van der Waals surface area contributed by atoms with Gasteiger partial charge in [-0.15, -0.1) is 11.8 Å². The van der Waals surface area contributed by atoms with Crippen LogP contribution in [0.25, 0.3) is 0 Å². The topological polar surface area (TPSA) is 115 Å². The van der Waals surface area contributed by atoms with E-state index in [9.17, 15) is 19.2 Å². The molecule has 0 aliphatic carbocycles. The average molecular weight is 486 g/mol. The van der Waals surface area contributed by atoms with Gasteiger partial charge in [-0.25, -0.2) is 14.6 Å². The predicted octanol–water partition coefficient (Wildman–Crippen LogP) is 1.96. The SMILES string of the molecule is CCOC(=O)C1CC(/C=C2/C(=O)N3C(C(=O)OCc4ccc(OC)cc4)=CS[C@H]23)=NN1C(C)=O. The van der Waals surface area contributed by atoms with Crippen LogP contribution in [0, 0.1) is 0 Å². The summed E-state index contributed by atoms with van der Waals surface area (Å²) in [6.45, 7) is 3.24. The maximum Gasteiger partial charge on any atom is 0.355 e. The van der Waals surface area contributed by atoms with E-state index in [1.54, 1.807) is 49.8 Å². The van der Waals surface area contributed by atoms with E-state index in [1.165, 1.54) is 23.6 Å². The fraction of sp³-hybridized carbons (Fsp3) is 0.348. The van der Waals surface area contributed by atoms with Crippen LogP contribution in [0.1, 0.15) is 25.8 Å². The number of carbonyl (C=O) groups is 4. The van der Waals surface area contributed by atoms with E-state index in [0.717, 1.165) is 10.6 Å². The van der Waals surface area contributed by atoms with E-state index in [0.29, 0.717) is 17.0 Å². The molecule has 10 nitrogen and oxygen atoms in total. The summed E-state index contributed by atoms with van der Waals surface area (Å²) in [7, 11) is 1.57. The molecular formula is C23H23N3O7S. The first kappa shape index (κ1) is 23.6. The summed E-state index contributed by atoms with van der Waals surface area (Å²) in [5.74, 6) is -1.19. The second kappa shape index (κ2) is 9.72. The van der Waals surface area contributed by atoms with Crippen molar-refractivity contribution < 1.29 is 33.4 Å². The molecule has 0 saturated carbocycles. The number of fused-ring (bicyclic) bond motifs is 1.